The third-order valence-electron chi connectivity index (χ3n) is 3.38. The molecule has 0 radical (unpaired) electrons. The summed E-state index contributed by atoms with van der Waals surface area (Å²) in [5.41, 5.74) is 1.24. The Labute approximate surface area is 107 Å². The van der Waals surface area contributed by atoms with Gasteiger partial charge in [0, 0.05) is 6.42 Å². The van der Waals surface area contributed by atoms with E-state index in [1.54, 1.807) is 11.3 Å². The van der Waals surface area contributed by atoms with E-state index in [1.165, 1.54) is 18.4 Å². The van der Waals surface area contributed by atoms with Gasteiger partial charge >= 0.3 is 5.97 Å². The zero-order valence-corrected chi connectivity index (χ0v) is 11.2. The van der Waals surface area contributed by atoms with Crippen LogP contribution in [0.2, 0.25) is 0 Å². The molecule has 1 aromatic rings. The summed E-state index contributed by atoms with van der Waals surface area (Å²) in [5.74, 6) is 0.675. The molecule has 2 nitrogen and oxygen atoms in total. The highest BCUT2D eigenvalue weighted by Crippen LogP contribution is 2.26. The highest BCUT2D eigenvalue weighted by atomic mass is 32.1. The predicted molar refractivity (Wildman–Crippen MR) is 70.2 cm³/mol. The predicted octanol–water partition coefficient (Wildman–Crippen LogP) is 3.80. The van der Waals surface area contributed by atoms with Gasteiger partial charge in [0.05, 0.1) is 0 Å². The Morgan fingerprint density at radius 2 is 2.41 bits per heavy atom. The summed E-state index contributed by atoms with van der Waals surface area (Å²) in [4.78, 5) is 11.7. The van der Waals surface area contributed by atoms with Crippen molar-refractivity contribution in [3.63, 3.8) is 0 Å². The zero-order chi connectivity index (χ0) is 12.1. The highest BCUT2D eigenvalue weighted by Gasteiger charge is 2.21. The molecule has 1 aromatic heterocycles. The van der Waals surface area contributed by atoms with Crippen LogP contribution in [-0.4, -0.2) is 12.1 Å². The van der Waals surface area contributed by atoms with E-state index in [4.69, 9.17) is 4.74 Å². The van der Waals surface area contributed by atoms with Gasteiger partial charge in [-0.25, -0.2) is 0 Å². The molecule has 94 valence electrons. The zero-order valence-electron chi connectivity index (χ0n) is 10.4. The van der Waals surface area contributed by atoms with Gasteiger partial charge in [-0.05, 0) is 54.0 Å². The van der Waals surface area contributed by atoms with Crippen LogP contribution in [0.15, 0.2) is 16.8 Å². The molecule has 0 aliphatic heterocycles. The van der Waals surface area contributed by atoms with Crippen molar-refractivity contribution >= 4 is 17.3 Å². The van der Waals surface area contributed by atoms with Gasteiger partial charge in [0.25, 0.3) is 0 Å². The van der Waals surface area contributed by atoms with E-state index in [-0.39, 0.29) is 12.1 Å². The number of hydrogen-bond acceptors (Lipinski definition) is 3. The largest absolute Gasteiger partial charge is 0.462 e. The maximum atomic E-state index is 11.7. The molecule has 2 atom stereocenters. The molecular weight excluding hydrogens is 232 g/mol. The fraction of sp³-hybridized carbons (Fsp3) is 0.643. The van der Waals surface area contributed by atoms with Crippen LogP contribution in [0, 0.1) is 5.92 Å². The number of rotatable bonds is 4. The van der Waals surface area contributed by atoms with E-state index in [1.807, 2.05) is 5.38 Å². The molecule has 0 aromatic carbocycles. The fourth-order valence-corrected chi connectivity index (χ4v) is 3.11. The smallest absolute Gasteiger partial charge is 0.306 e. The number of esters is 1. The van der Waals surface area contributed by atoms with Crippen molar-refractivity contribution in [1.29, 1.82) is 0 Å². The first-order chi connectivity index (χ1) is 8.24. The monoisotopic (exact) mass is 252 g/mol. The number of carbonyl (C=O) groups excluding carboxylic acids is 1. The molecule has 0 bridgehead atoms. The highest BCUT2D eigenvalue weighted by molar-refractivity contribution is 7.07. The Morgan fingerprint density at radius 1 is 1.53 bits per heavy atom. The van der Waals surface area contributed by atoms with Gasteiger partial charge in [-0.2, -0.15) is 11.3 Å². The minimum Gasteiger partial charge on any atom is -0.462 e. The van der Waals surface area contributed by atoms with Crippen molar-refractivity contribution in [2.24, 2.45) is 5.92 Å². The number of aryl methyl sites for hydroxylation is 1. The molecule has 0 N–H and O–H groups in total. The maximum Gasteiger partial charge on any atom is 0.306 e. The Bertz CT molecular complexity index is 345. The quantitative estimate of drug-likeness (QED) is 0.762. The Hall–Kier alpha value is -0.830. The molecule has 0 saturated heterocycles. The number of hydrogen-bond donors (Lipinski definition) is 0. The molecule has 0 amide bonds. The lowest BCUT2D eigenvalue weighted by Crippen LogP contribution is -2.24. The normalized spacial score (nSPS) is 24.5. The second-order valence-corrected chi connectivity index (χ2v) is 5.80. The third kappa shape index (κ3) is 4.15. The molecule has 1 heterocycles. The van der Waals surface area contributed by atoms with Crippen LogP contribution in [0.4, 0.5) is 0 Å². The van der Waals surface area contributed by atoms with E-state index < -0.39 is 0 Å². The minimum atomic E-state index is -0.0321. The van der Waals surface area contributed by atoms with E-state index >= 15 is 0 Å². The summed E-state index contributed by atoms with van der Waals surface area (Å²) in [6, 6.07) is 2.07. The third-order valence-corrected chi connectivity index (χ3v) is 4.12. The molecule has 1 aliphatic rings. The average Bonchev–Trinajstić information content (AvgIpc) is 2.79. The Kier molecular flexibility index (Phi) is 4.60. The standard InChI is InChI=1S/C14H20O2S/c1-11-3-2-4-13(9-11)16-14(15)6-5-12-7-8-17-10-12/h7-8,10-11,13H,2-6,9H2,1H3. The summed E-state index contributed by atoms with van der Waals surface area (Å²) >= 11 is 1.68. The second-order valence-electron chi connectivity index (χ2n) is 5.02. The number of ether oxygens (including phenoxy) is 1. The maximum absolute atomic E-state index is 11.7. The van der Waals surface area contributed by atoms with Crippen LogP contribution in [0.25, 0.3) is 0 Å². The Balaban J connectivity index is 1.70. The minimum absolute atomic E-state index is 0.0321. The van der Waals surface area contributed by atoms with Gasteiger partial charge in [-0.3, -0.25) is 4.79 Å². The van der Waals surface area contributed by atoms with Gasteiger partial charge in [-0.15, -0.1) is 0 Å². The van der Waals surface area contributed by atoms with Gasteiger partial charge in [0.2, 0.25) is 0 Å². The molecular formula is C14H20O2S. The molecule has 1 fully saturated rings. The van der Waals surface area contributed by atoms with Crippen molar-refractivity contribution in [3.05, 3.63) is 22.4 Å². The summed E-state index contributed by atoms with van der Waals surface area (Å²) in [6.07, 6.45) is 6.08. The first kappa shape index (κ1) is 12.6. The molecule has 1 aliphatic carbocycles. The van der Waals surface area contributed by atoms with Crippen molar-refractivity contribution in [3.8, 4) is 0 Å². The fourth-order valence-electron chi connectivity index (χ4n) is 2.41. The van der Waals surface area contributed by atoms with E-state index in [0.29, 0.717) is 12.3 Å². The summed E-state index contributed by atoms with van der Waals surface area (Å²) in [6.45, 7) is 2.24. The number of thiophene rings is 1. The lowest BCUT2D eigenvalue weighted by Gasteiger charge is -2.26. The molecule has 2 unspecified atom stereocenters. The van der Waals surface area contributed by atoms with Crippen molar-refractivity contribution in [2.75, 3.05) is 0 Å². The van der Waals surface area contributed by atoms with E-state index in [2.05, 4.69) is 18.4 Å². The van der Waals surface area contributed by atoms with Gasteiger partial charge in [0.15, 0.2) is 0 Å². The van der Waals surface area contributed by atoms with Crippen LogP contribution in [-0.2, 0) is 16.0 Å². The van der Waals surface area contributed by atoms with Crippen molar-refractivity contribution in [2.45, 2.75) is 51.6 Å². The van der Waals surface area contributed by atoms with Gasteiger partial charge < -0.3 is 4.74 Å². The van der Waals surface area contributed by atoms with Gasteiger partial charge in [-0.1, -0.05) is 13.3 Å². The summed E-state index contributed by atoms with van der Waals surface area (Å²) in [7, 11) is 0. The molecule has 17 heavy (non-hydrogen) atoms. The molecule has 3 heteroatoms. The molecule has 2 rings (SSSR count). The Morgan fingerprint density at radius 3 is 3.12 bits per heavy atom. The summed E-state index contributed by atoms with van der Waals surface area (Å²) < 4.78 is 5.52. The van der Waals surface area contributed by atoms with Crippen molar-refractivity contribution < 1.29 is 9.53 Å². The van der Waals surface area contributed by atoms with Crippen LogP contribution in [0.3, 0.4) is 0 Å². The van der Waals surface area contributed by atoms with E-state index in [9.17, 15) is 4.79 Å². The van der Waals surface area contributed by atoms with Crippen LogP contribution in [0.1, 0.15) is 44.6 Å². The topological polar surface area (TPSA) is 26.3 Å². The van der Waals surface area contributed by atoms with E-state index in [0.717, 1.165) is 19.3 Å². The summed E-state index contributed by atoms with van der Waals surface area (Å²) in [5, 5.41) is 4.14. The first-order valence-electron chi connectivity index (χ1n) is 6.44. The van der Waals surface area contributed by atoms with Crippen LogP contribution < -0.4 is 0 Å². The average molecular weight is 252 g/mol. The lowest BCUT2D eigenvalue weighted by molar-refractivity contribution is -0.151. The van der Waals surface area contributed by atoms with Crippen molar-refractivity contribution in [1.82, 2.24) is 0 Å². The molecule has 1 saturated carbocycles. The SMILES string of the molecule is CC1CCCC(OC(=O)CCc2ccsc2)C1. The van der Waals surface area contributed by atoms with Crippen LogP contribution in [0.5, 0.6) is 0 Å². The number of carbonyl (C=O) groups is 1. The van der Waals surface area contributed by atoms with Gasteiger partial charge in [0.1, 0.15) is 6.10 Å². The lowest BCUT2D eigenvalue weighted by atomic mass is 9.89. The van der Waals surface area contributed by atoms with Crippen LogP contribution >= 0.6 is 11.3 Å². The first-order valence-corrected chi connectivity index (χ1v) is 7.39. The molecule has 0 spiro atoms. The second kappa shape index (κ2) is 6.20.